The van der Waals surface area contributed by atoms with Gasteiger partial charge in [0.2, 0.25) is 5.91 Å². The number of hydrogen-bond donors (Lipinski definition) is 0. The Hall–Kier alpha value is -1.88. The maximum absolute atomic E-state index is 13.7. The number of hydrogen-bond acceptors (Lipinski definition) is 2. The van der Waals surface area contributed by atoms with Gasteiger partial charge in [0.05, 0.1) is 6.42 Å². The standard InChI is InChI=1S/C19H19F2NOS/c20-16-7-6-15(17(21)13-16)12-19(23)22-9-8-18(24-11-10-22)14-4-2-1-3-5-14/h1-7,13,18H,8-12H2. The van der Waals surface area contributed by atoms with Crippen LogP contribution in [-0.2, 0) is 11.2 Å². The first kappa shape index (κ1) is 17.0. The zero-order valence-electron chi connectivity index (χ0n) is 13.3. The lowest BCUT2D eigenvalue weighted by Crippen LogP contribution is -2.34. The summed E-state index contributed by atoms with van der Waals surface area (Å²) in [5, 5.41) is 0.381. The van der Waals surface area contributed by atoms with Crippen molar-refractivity contribution in [3.05, 3.63) is 71.3 Å². The van der Waals surface area contributed by atoms with E-state index in [1.54, 1.807) is 4.90 Å². The van der Waals surface area contributed by atoms with Crippen LogP contribution in [0.5, 0.6) is 0 Å². The fourth-order valence-corrected chi connectivity index (χ4v) is 4.13. The molecular formula is C19H19F2NOS. The molecule has 3 rings (SSSR count). The number of halogens is 2. The lowest BCUT2D eigenvalue weighted by Gasteiger charge is -2.20. The second kappa shape index (κ2) is 7.79. The number of rotatable bonds is 3. The van der Waals surface area contributed by atoms with E-state index in [1.165, 1.54) is 17.7 Å². The van der Waals surface area contributed by atoms with Gasteiger partial charge < -0.3 is 4.90 Å². The minimum atomic E-state index is -0.658. The minimum absolute atomic E-state index is 0.0210. The topological polar surface area (TPSA) is 20.3 Å². The zero-order chi connectivity index (χ0) is 16.9. The molecule has 0 saturated carbocycles. The molecule has 0 bridgehead atoms. The molecule has 1 aliphatic rings. The fourth-order valence-electron chi connectivity index (χ4n) is 2.89. The molecule has 0 radical (unpaired) electrons. The third-order valence-corrected chi connectivity index (χ3v) is 5.55. The molecular weight excluding hydrogens is 328 g/mol. The average molecular weight is 347 g/mol. The second-order valence-corrected chi connectivity index (χ2v) is 7.16. The van der Waals surface area contributed by atoms with Gasteiger partial charge in [-0.05, 0) is 23.6 Å². The summed E-state index contributed by atoms with van der Waals surface area (Å²) in [5.74, 6) is -0.526. The van der Waals surface area contributed by atoms with Crippen molar-refractivity contribution in [2.75, 3.05) is 18.8 Å². The highest BCUT2D eigenvalue weighted by Gasteiger charge is 2.22. The van der Waals surface area contributed by atoms with E-state index in [2.05, 4.69) is 12.1 Å². The largest absolute Gasteiger partial charge is 0.342 e. The number of carbonyl (C=O) groups is 1. The number of amides is 1. The Morgan fingerprint density at radius 3 is 2.67 bits per heavy atom. The summed E-state index contributed by atoms with van der Waals surface area (Å²) in [6, 6.07) is 13.6. The highest BCUT2D eigenvalue weighted by molar-refractivity contribution is 7.99. The molecule has 126 valence electrons. The Kier molecular flexibility index (Phi) is 5.51. The van der Waals surface area contributed by atoms with Crippen molar-refractivity contribution in [3.8, 4) is 0 Å². The molecule has 0 spiro atoms. The Bertz CT molecular complexity index is 708. The predicted molar refractivity (Wildman–Crippen MR) is 92.9 cm³/mol. The first-order valence-corrected chi connectivity index (χ1v) is 9.06. The second-order valence-electron chi connectivity index (χ2n) is 5.85. The van der Waals surface area contributed by atoms with E-state index in [0.29, 0.717) is 18.3 Å². The Balaban J connectivity index is 1.62. The van der Waals surface area contributed by atoms with Gasteiger partial charge in [-0.2, -0.15) is 11.8 Å². The molecule has 1 atom stereocenters. The van der Waals surface area contributed by atoms with Crippen molar-refractivity contribution in [2.45, 2.75) is 18.1 Å². The van der Waals surface area contributed by atoms with Crippen LogP contribution < -0.4 is 0 Å². The van der Waals surface area contributed by atoms with Crippen molar-refractivity contribution in [1.29, 1.82) is 0 Å². The number of benzene rings is 2. The van der Waals surface area contributed by atoms with Gasteiger partial charge in [-0.3, -0.25) is 4.79 Å². The summed E-state index contributed by atoms with van der Waals surface area (Å²) in [7, 11) is 0. The van der Waals surface area contributed by atoms with Gasteiger partial charge in [-0.25, -0.2) is 8.78 Å². The van der Waals surface area contributed by atoms with Crippen LogP contribution in [0.1, 0.15) is 22.8 Å². The van der Waals surface area contributed by atoms with E-state index in [4.69, 9.17) is 0 Å². The third-order valence-electron chi connectivity index (χ3n) is 4.22. The lowest BCUT2D eigenvalue weighted by atomic mass is 10.1. The average Bonchev–Trinajstić information content (AvgIpc) is 2.84. The van der Waals surface area contributed by atoms with Crippen LogP contribution in [0.25, 0.3) is 0 Å². The first-order valence-electron chi connectivity index (χ1n) is 8.02. The molecule has 0 aromatic heterocycles. The minimum Gasteiger partial charge on any atom is -0.342 e. The molecule has 2 nitrogen and oxygen atoms in total. The Morgan fingerprint density at radius 1 is 1.12 bits per heavy atom. The predicted octanol–water partition coefficient (Wildman–Crippen LogP) is 4.21. The zero-order valence-corrected chi connectivity index (χ0v) is 14.1. The van der Waals surface area contributed by atoms with Gasteiger partial charge in [-0.15, -0.1) is 0 Å². The molecule has 24 heavy (non-hydrogen) atoms. The number of nitrogens with zero attached hydrogens (tertiary/aromatic N) is 1. The van der Waals surface area contributed by atoms with E-state index in [1.807, 2.05) is 30.0 Å². The van der Waals surface area contributed by atoms with Crippen molar-refractivity contribution in [3.63, 3.8) is 0 Å². The van der Waals surface area contributed by atoms with E-state index in [-0.39, 0.29) is 17.9 Å². The van der Waals surface area contributed by atoms with Crippen molar-refractivity contribution in [1.82, 2.24) is 4.90 Å². The fraction of sp³-hybridized carbons (Fsp3) is 0.316. The van der Waals surface area contributed by atoms with Crippen LogP contribution in [-0.4, -0.2) is 29.6 Å². The van der Waals surface area contributed by atoms with Gasteiger partial charge in [0.15, 0.2) is 0 Å². The molecule has 2 aromatic rings. The van der Waals surface area contributed by atoms with Crippen LogP contribution >= 0.6 is 11.8 Å². The smallest absolute Gasteiger partial charge is 0.227 e. The maximum atomic E-state index is 13.7. The lowest BCUT2D eigenvalue weighted by molar-refractivity contribution is -0.130. The van der Waals surface area contributed by atoms with Crippen molar-refractivity contribution in [2.24, 2.45) is 0 Å². The number of thioether (sulfide) groups is 1. The third kappa shape index (κ3) is 4.15. The molecule has 1 heterocycles. The first-order chi connectivity index (χ1) is 11.6. The van der Waals surface area contributed by atoms with Gasteiger partial charge in [0, 0.05) is 30.2 Å². The molecule has 5 heteroatoms. The van der Waals surface area contributed by atoms with Crippen molar-refractivity contribution < 1.29 is 13.6 Å². The van der Waals surface area contributed by atoms with Crippen molar-refractivity contribution >= 4 is 17.7 Å². The highest BCUT2D eigenvalue weighted by atomic mass is 32.2. The molecule has 1 saturated heterocycles. The molecule has 1 unspecified atom stereocenters. The van der Waals surface area contributed by atoms with E-state index in [0.717, 1.165) is 18.2 Å². The van der Waals surface area contributed by atoms with E-state index < -0.39 is 11.6 Å². The van der Waals surface area contributed by atoms with Crippen LogP contribution in [0.4, 0.5) is 8.78 Å². The quantitative estimate of drug-likeness (QED) is 0.829. The molecule has 0 aliphatic carbocycles. The summed E-state index contributed by atoms with van der Waals surface area (Å²) >= 11 is 1.85. The monoisotopic (exact) mass is 347 g/mol. The van der Waals surface area contributed by atoms with E-state index in [9.17, 15) is 13.6 Å². The number of carbonyl (C=O) groups excluding carboxylic acids is 1. The highest BCUT2D eigenvalue weighted by Crippen LogP contribution is 2.34. The van der Waals surface area contributed by atoms with Crippen LogP contribution in [0, 0.1) is 11.6 Å². The van der Waals surface area contributed by atoms with Gasteiger partial charge >= 0.3 is 0 Å². The maximum Gasteiger partial charge on any atom is 0.227 e. The van der Waals surface area contributed by atoms with Gasteiger partial charge in [0.25, 0.3) is 0 Å². The van der Waals surface area contributed by atoms with Gasteiger partial charge in [0.1, 0.15) is 11.6 Å². The normalized spacial score (nSPS) is 18.2. The summed E-state index contributed by atoms with van der Waals surface area (Å²) in [5.41, 5.74) is 1.53. The summed E-state index contributed by atoms with van der Waals surface area (Å²) in [4.78, 5) is 14.2. The Morgan fingerprint density at radius 2 is 1.92 bits per heavy atom. The van der Waals surface area contributed by atoms with Crippen LogP contribution in [0.2, 0.25) is 0 Å². The Labute approximate surface area is 144 Å². The SMILES string of the molecule is O=C(Cc1ccc(F)cc1F)N1CCSC(c2ccccc2)CC1. The molecule has 0 N–H and O–H groups in total. The molecule has 2 aromatic carbocycles. The van der Waals surface area contributed by atoms with E-state index >= 15 is 0 Å². The molecule has 1 aliphatic heterocycles. The summed E-state index contributed by atoms with van der Waals surface area (Å²) in [6.45, 7) is 1.32. The van der Waals surface area contributed by atoms with Crippen LogP contribution in [0.15, 0.2) is 48.5 Å². The summed E-state index contributed by atoms with van der Waals surface area (Å²) in [6.07, 6.45) is 0.860. The molecule has 1 fully saturated rings. The van der Waals surface area contributed by atoms with Crippen LogP contribution in [0.3, 0.4) is 0 Å². The van der Waals surface area contributed by atoms with Gasteiger partial charge in [-0.1, -0.05) is 36.4 Å². The summed E-state index contributed by atoms with van der Waals surface area (Å²) < 4.78 is 26.7. The molecule has 1 amide bonds.